The quantitative estimate of drug-likeness (QED) is 0.633. The Labute approximate surface area is 146 Å². The van der Waals surface area contributed by atoms with E-state index in [1.54, 1.807) is 12.3 Å². The Balaban J connectivity index is 1.91. The van der Waals surface area contributed by atoms with Gasteiger partial charge in [0.25, 0.3) is 0 Å². The summed E-state index contributed by atoms with van der Waals surface area (Å²) in [6, 6.07) is 4.21. The second-order valence-corrected chi connectivity index (χ2v) is 6.46. The second-order valence-electron chi connectivity index (χ2n) is 4.99. The summed E-state index contributed by atoms with van der Waals surface area (Å²) in [5.41, 5.74) is 0.724. The molecule has 0 saturated carbocycles. The molecule has 0 aliphatic heterocycles. The van der Waals surface area contributed by atoms with Crippen molar-refractivity contribution in [1.82, 2.24) is 10.1 Å². The zero-order valence-electron chi connectivity index (χ0n) is 12.8. The molecule has 0 unspecified atom stereocenters. The first-order valence-electron chi connectivity index (χ1n) is 6.96. The number of ether oxygens (including phenoxy) is 1. The van der Waals surface area contributed by atoms with E-state index >= 15 is 0 Å². The highest BCUT2D eigenvalue weighted by molar-refractivity contribution is 7.09. The predicted octanol–water partition coefficient (Wildman–Crippen LogP) is 4.56. The maximum absolute atomic E-state index is 14.1. The van der Waals surface area contributed by atoms with Gasteiger partial charge in [-0.05, 0) is 26.0 Å². The number of carbonyl (C=O) groups is 1. The molecule has 124 valence electrons. The van der Waals surface area contributed by atoms with Crippen molar-refractivity contribution in [2.45, 2.75) is 20.5 Å². The van der Waals surface area contributed by atoms with E-state index in [0.717, 1.165) is 5.01 Å². The zero-order valence-corrected chi connectivity index (χ0v) is 14.4. The zero-order chi connectivity index (χ0) is 17.3. The van der Waals surface area contributed by atoms with E-state index < -0.39 is 11.8 Å². The minimum absolute atomic E-state index is 0.00692. The van der Waals surface area contributed by atoms with Crippen molar-refractivity contribution in [3.63, 3.8) is 0 Å². The number of hydrogen-bond acceptors (Lipinski definition) is 6. The molecule has 24 heavy (non-hydrogen) atoms. The lowest BCUT2D eigenvalue weighted by Crippen LogP contribution is -2.08. The number of thiazole rings is 1. The number of halogens is 2. The molecular weight excluding hydrogens is 355 g/mol. The van der Waals surface area contributed by atoms with E-state index in [-0.39, 0.29) is 34.2 Å². The number of esters is 1. The van der Waals surface area contributed by atoms with Gasteiger partial charge in [0.1, 0.15) is 29.4 Å². The normalized spacial score (nSPS) is 10.8. The van der Waals surface area contributed by atoms with Crippen LogP contribution >= 0.6 is 22.9 Å². The van der Waals surface area contributed by atoms with Crippen molar-refractivity contribution in [3.8, 4) is 11.3 Å². The number of nitrogens with zero attached hydrogens (tertiary/aromatic N) is 2. The Morgan fingerprint density at radius 3 is 2.88 bits per heavy atom. The second kappa shape index (κ2) is 6.70. The van der Waals surface area contributed by atoms with Gasteiger partial charge in [-0.3, -0.25) is 0 Å². The lowest BCUT2D eigenvalue weighted by atomic mass is 10.1. The lowest BCUT2D eigenvalue weighted by Gasteiger charge is -2.06. The summed E-state index contributed by atoms with van der Waals surface area (Å²) in [7, 11) is 0. The van der Waals surface area contributed by atoms with Gasteiger partial charge in [-0.25, -0.2) is 14.2 Å². The van der Waals surface area contributed by atoms with E-state index in [4.69, 9.17) is 20.9 Å². The molecule has 2 aromatic heterocycles. The fraction of sp³-hybridized carbons (Fsp3) is 0.188. The van der Waals surface area contributed by atoms with Gasteiger partial charge in [0.05, 0.1) is 21.3 Å². The predicted molar refractivity (Wildman–Crippen MR) is 87.6 cm³/mol. The maximum atomic E-state index is 14.1. The largest absolute Gasteiger partial charge is 0.455 e. The molecule has 0 aliphatic carbocycles. The molecule has 5 nitrogen and oxygen atoms in total. The van der Waals surface area contributed by atoms with Crippen LogP contribution in [0.4, 0.5) is 4.39 Å². The minimum Gasteiger partial charge on any atom is -0.455 e. The topological polar surface area (TPSA) is 65.2 Å². The molecule has 0 spiro atoms. The fourth-order valence-corrected chi connectivity index (χ4v) is 3.04. The van der Waals surface area contributed by atoms with E-state index in [1.165, 1.54) is 29.5 Å². The van der Waals surface area contributed by atoms with Gasteiger partial charge in [0.15, 0.2) is 0 Å². The average molecular weight is 367 g/mol. The summed E-state index contributed by atoms with van der Waals surface area (Å²) in [5, 5.41) is 6.59. The molecule has 2 heterocycles. The molecule has 8 heteroatoms. The number of aryl methyl sites for hydroxylation is 2. The Hall–Kier alpha value is -2.25. The Morgan fingerprint density at radius 1 is 1.42 bits per heavy atom. The van der Waals surface area contributed by atoms with Crippen LogP contribution in [-0.4, -0.2) is 16.1 Å². The Bertz CT molecular complexity index is 886. The van der Waals surface area contributed by atoms with Crippen molar-refractivity contribution in [1.29, 1.82) is 0 Å². The number of benzene rings is 1. The molecule has 0 amide bonds. The van der Waals surface area contributed by atoms with Gasteiger partial charge in [-0.1, -0.05) is 22.8 Å². The first kappa shape index (κ1) is 16.6. The summed E-state index contributed by atoms with van der Waals surface area (Å²) in [6.45, 7) is 3.42. The molecule has 0 aliphatic rings. The van der Waals surface area contributed by atoms with Gasteiger partial charge in [0.2, 0.25) is 0 Å². The molecule has 0 bridgehead atoms. The van der Waals surface area contributed by atoms with Crippen molar-refractivity contribution in [2.75, 3.05) is 0 Å². The van der Waals surface area contributed by atoms with Gasteiger partial charge in [0, 0.05) is 5.38 Å². The number of aromatic nitrogens is 2. The van der Waals surface area contributed by atoms with Crippen LogP contribution in [-0.2, 0) is 11.3 Å². The molecule has 3 aromatic rings. The van der Waals surface area contributed by atoms with Crippen LogP contribution < -0.4 is 0 Å². The van der Waals surface area contributed by atoms with E-state index in [2.05, 4.69) is 10.1 Å². The van der Waals surface area contributed by atoms with Gasteiger partial charge < -0.3 is 9.26 Å². The highest BCUT2D eigenvalue weighted by Crippen LogP contribution is 2.33. The van der Waals surface area contributed by atoms with Crippen molar-refractivity contribution in [3.05, 3.63) is 56.4 Å². The van der Waals surface area contributed by atoms with Crippen LogP contribution in [0.5, 0.6) is 0 Å². The molecular formula is C16H12ClFN2O3S. The summed E-state index contributed by atoms with van der Waals surface area (Å²) in [5.74, 6) is -1.04. The molecule has 0 radical (unpaired) electrons. The SMILES string of the molecule is Cc1nc(COC(=O)c2c(-c3c(F)cccc3Cl)noc2C)cs1. The van der Waals surface area contributed by atoms with Crippen LogP contribution in [0.3, 0.4) is 0 Å². The summed E-state index contributed by atoms with van der Waals surface area (Å²) in [6.07, 6.45) is 0. The van der Waals surface area contributed by atoms with E-state index in [9.17, 15) is 9.18 Å². The van der Waals surface area contributed by atoms with Crippen molar-refractivity contribution in [2.24, 2.45) is 0 Å². The summed E-state index contributed by atoms with van der Waals surface area (Å²) < 4.78 is 24.4. The minimum atomic E-state index is -0.672. The lowest BCUT2D eigenvalue weighted by molar-refractivity contribution is 0.0467. The number of carbonyl (C=O) groups excluding carboxylic acids is 1. The van der Waals surface area contributed by atoms with Crippen molar-refractivity contribution < 1.29 is 18.4 Å². The highest BCUT2D eigenvalue weighted by Gasteiger charge is 2.26. The average Bonchev–Trinajstić information content (AvgIpc) is 3.11. The monoisotopic (exact) mass is 366 g/mol. The fourth-order valence-electron chi connectivity index (χ4n) is 2.19. The van der Waals surface area contributed by atoms with Gasteiger partial charge in [-0.15, -0.1) is 11.3 Å². The van der Waals surface area contributed by atoms with Crippen LogP contribution in [0.15, 0.2) is 28.1 Å². The molecule has 0 fully saturated rings. The molecule has 3 rings (SSSR count). The Kier molecular flexibility index (Phi) is 4.64. The smallest absolute Gasteiger partial charge is 0.344 e. The standard InChI is InChI=1S/C16H12ClFN2O3S/c1-8-13(16(21)22-6-10-7-24-9(2)19-10)15(20-23-8)14-11(17)4-3-5-12(14)18/h3-5,7H,6H2,1-2H3. The number of rotatable bonds is 4. The first-order valence-corrected chi connectivity index (χ1v) is 8.22. The van der Waals surface area contributed by atoms with Crippen LogP contribution in [0.1, 0.15) is 26.8 Å². The molecule has 0 N–H and O–H groups in total. The molecule has 0 saturated heterocycles. The molecule has 1 aromatic carbocycles. The highest BCUT2D eigenvalue weighted by atomic mass is 35.5. The Morgan fingerprint density at radius 2 is 2.21 bits per heavy atom. The van der Waals surface area contributed by atoms with Crippen molar-refractivity contribution >= 4 is 28.9 Å². The van der Waals surface area contributed by atoms with Crippen LogP contribution in [0, 0.1) is 19.7 Å². The number of hydrogen-bond donors (Lipinski definition) is 0. The van der Waals surface area contributed by atoms with Gasteiger partial charge >= 0.3 is 5.97 Å². The van der Waals surface area contributed by atoms with Crippen LogP contribution in [0.2, 0.25) is 5.02 Å². The van der Waals surface area contributed by atoms with E-state index in [0.29, 0.717) is 5.69 Å². The maximum Gasteiger partial charge on any atom is 0.344 e. The third kappa shape index (κ3) is 3.18. The summed E-state index contributed by atoms with van der Waals surface area (Å²) >= 11 is 7.50. The summed E-state index contributed by atoms with van der Waals surface area (Å²) in [4.78, 5) is 16.6. The van der Waals surface area contributed by atoms with E-state index in [1.807, 2.05) is 6.92 Å². The third-order valence-corrected chi connectivity index (χ3v) is 4.42. The first-order chi connectivity index (χ1) is 11.5. The molecule has 0 atom stereocenters. The van der Waals surface area contributed by atoms with Crippen LogP contribution in [0.25, 0.3) is 11.3 Å². The third-order valence-electron chi connectivity index (χ3n) is 3.28. The van der Waals surface area contributed by atoms with Gasteiger partial charge in [-0.2, -0.15) is 0 Å².